The second-order valence-corrected chi connectivity index (χ2v) is 10.2. The molecule has 0 bridgehead atoms. The molecule has 0 unspecified atom stereocenters. The first kappa shape index (κ1) is 22.5. The van der Waals surface area contributed by atoms with Crippen molar-refractivity contribution in [3.8, 4) is 0 Å². The summed E-state index contributed by atoms with van der Waals surface area (Å²) in [7, 11) is -3.34. The number of piperidine rings is 1. The summed E-state index contributed by atoms with van der Waals surface area (Å²) in [6.07, 6.45) is 2.80. The van der Waals surface area contributed by atoms with Gasteiger partial charge in [-0.3, -0.25) is 4.79 Å². The molecule has 1 amide bonds. The van der Waals surface area contributed by atoms with E-state index in [4.69, 9.17) is 0 Å². The SMILES string of the molecule is C[C@H](CNC(=O)[C@@H]1CCCN(S(=O)(=O)CCCc2ccccc2)C1)c1ccccc1. The normalized spacial score (nSPS) is 18.6. The minimum atomic E-state index is -3.34. The van der Waals surface area contributed by atoms with Gasteiger partial charge in [0.05, 0.1) is 11.7 Å². The molecule has 1 fully saturated rings. The van der Waals surface area contributed by atoms with Crippen LogP contribution in [-0.2, 0) is 21.2 Å². The Hall–Kier alpha value is -2.18. The maximum absolute atomic E-state index is 12.8. The lowest BCUT2D eigenvalue weighted by molar-refractivity contribution is -0.126. The summed E-state index contributed by atoms with van der Waals surface area (Å²) in [6.45, 7) is 3.44. The molecule has 1 aliphatic heterocycles. The van der Waals surface area contributed by atoms with Crippen LogP contribution in [0.4, 0.5) is 0 Å². The maximum Gasteiger partial charge on any atom is 0.224 e. The molecular weight excluding hydrogens is 396 g/mol. The summed E-state index contributed by atoms with van der Waals surface area (Å²) in [5, 5.41) is 3.03. The monoisotopic (exact) mass is 428 g/mol. The molecule has 2 aromatic rings. The third kappa shape index (κ3) is 6.41. The van der Waals surface area contributed by atoms with E-state index in [0.29, 0.717) is 26.1 Å². The van der Waals surface area contributed by atoms with E-state index in [2.05, 4.69) is 24.4 Å². The van der Waals surface area contributed by atoms with Crippen molar-refractivity contribution in [3.63, 3.8) is 0 Å². The highest BCUT2D eigenvalue weighted by molar-refractivity contribution is 7.89. The number of sulfonamides is 1. The van der Waals surface area contributed by atoms with Gasteiger partial charge in [0.15, 0.2) is 0 Å². The summed E-state index contributed by atoms with van der Waals surface area (Å²) >= 11 is 0. The Morgan fingerprint density at radius 1 is 1.10 bits per heavy atom. The Balaban J connectivity index is 1.48. The van der Waals surface area contributed by atoms with Gasteiger partial charge in [-0.1, -0.05) is 67.6 Å². The highest BCUT2D eigenvalue weighted by Gasteiger charge is 2.32. The van der Waals surface area contributed by atoms with Crippen molar-refractivity contribution in [2.75, 3.05) is 25.4 Å². The van der Waals surface area contributed by atoms with Gasteiger partial charge in [-0.05, 0) is 42.7 Å². The quantitative estimate of drug-likeness (QED) is 0.664. The molecule has 0 radical (unpaired) electrons. The van der Waals surface area contributed by atoms with Gasteiger partial charge in [-0.25, -0.2) is 12.7 Å². The fourth-order valence-corrected chi connectivity index (χ4v) is 5.52. The van der Waals surface area contributed by atoms with Crippen LogP contribution in [0.1, 0.15) is 43.2 Å². The number of hydrogen-bond donors (Lipinski definition) is 1. The second kappa shape index (κ2) is 10.7. The summed E-state index contributed by atoms with van der Waals surface area (Å²) in [4.78, 5) is 12.7. The average molecular weight is 429 g/mol. The summed E-state index contributed by atoms with van der Waals surface area (Å²) in [6, 6.07) is 20.0. The molecule has 1 aliphatic rings. The predicted octanol–water partition coefficient (Wildman–Crippen LogP) is 3.58. The number of nitrogens with one attached hydrogen (secondary N) is 1. The molecule has 1 saturated heterocycles. The largest absolute Gasteiger partial charge is 0.355 e. The number of benzene rings is 2. The minimum absolute atomic E-state index is 0.0398. The lowest BCUT2D eigenvalue weighted by Crippen LogP contribution is -2.46. The van der Waals surface area contributed by atoms with Gasteiger partial charge >= 0.3 is 0 Å². The minimum Gasteiger partial charge on any atom is -0.355 e. The topological polar surface area (TPSA) is 66.5 Å². The van der Waals surface area contributed by atoms with Crippen molar-refractivity contribution < 1.29 is 13.2 Å². The molecule has 1 heterocycles. The number of aryl methyl sites for hydroxylation is 1. The van der Waals surface area contributed by atoms with Crippen LogP contribution in [0, 0.1) is 5.92 Å². The summed E-state index contributed by atoms with van der Waals surface area (Å²) < 4.78 is 27.1. The molecule has 2 aromatic carbocycles. The van der Waals surface area contributed by atoms with Crippen molar-refractivity contribution in [3.05, 3.63) is 71.8 Å². The van der Waals surface area contributed by atoms with Crippen molar-refractivity contribution in [1.82, 2.24) is 9.62 Å². The second-order valence-electron chi connectivity index (χ2n) is 8.16. The molecule has 3 rings (SSSR count). The van der Waals surface area contributed by atoms with Crippen LogP contribution in [0.25, 0.3) is 0 Å². The lowest BCUT2D eigenvalue weighted by atomic mass is 9.97. The van der Waals surface area contributed by atoms with Crippen LogP contribution in [0.15, 0.2) is 60.7 Å². The number of nitrogens with zero attached hydrogens (tertiary/aromatic N) is 1. The fraction of sp³-hybridized carbons (Fsp3) is 0.458. The maximum atomic E-state index is 12.8. The highest BCUT2D eigenvalue weighted by atomic mass is 32.2. The zero-order valence-electron chi connectivity index (χ0n) is 17.7. The van der Waals surface area contributed by atoms with Gasteiger partial charge in [0.1, 0.15) is 0 Å². The van der Waals surface area contributed by atoms with E-state index in [1.54, 1.807) is 0 Å². The van der Waals surface area contributed by atoms with Crippen LogP contribution in [-0.4, -0.2) is 44.0 Å². The van der Waals surface area contributed by atoms with E-state index in [1.807, 2.05) is 48.5 Å². The first-order valence-corrected chi connectivity index (χ1v) is 12.4. The molecule has 5 nitrogen and oxygen atoms in total. The fourth-order valence-electron chi connectivity index (χ4n) is 3.94. The average Bonchev–Trinajstić information content (AvgIpc) is 2.78. The van der Waals surface area contributed by atoms with Gasteiger partial charge in [0.2, 0.25) is 15.9 Å². The molecule has 2 atom stereocenters. The number of carbonyl (C=O) groups is 1. The first-order valence-electron chi connectivity index (χ1n) is 10.8. The molecule has 0 saturated carbocycles. The van der Waals surface area contributed by atoms with E-state index in [9.17, 15) is 13.2 Å². The van der Waals surface area contributed by atoms with Crippen LogP contribution >= 0.6 is 0 Å². The zero-order valence-corrected chi connectivity index (χ0v) is 18.5. The Morgan fingerprint density at radius 3 is 2.47 bits per heavy atom. The number of rotatable bonds is 9. The van der Waals surface area contributed by atoms with Gasteiger partial charge in [-0.2, -0.15) is 0 Å². The van der Waals surface area contributed by atoms with E-state index >= 15 is 0 Å². The van der Waals surface area contributed by atoms with Gasteiger partial charge < -0.3 is 5.32 Å². The number of hydrogen-bond acceptors (Lipinski definition) is 3. The van der Waals surface area contributed by atoms with Gasteiger partial charge in [-0.15, -0.1) is 0 Å². The van der Waals surface area contributed by atoms with E-state index in [0.717, 1.165) is 24.8 Å². The third-order valence-electron chi connectivity index (χ3n) is 5.81. The Bertz CT molecular complexity index is 901. The van der Waals surface area contributed by atoms with E-state index < -0.39 is 10.0 Å². The molecule has 162 valence electrons. The number of carbonyl (C=O) groups excluding carboxylic acids is 1. The van der Waals surface area contributed by atoms with Gasteiger partial charge in [0, 0.05) is 19.6 Å². The molecular formula is C24H32N2O3S. The lowest BCUT2D eigenvalue weighted by Gasteiger charge is -2.31. The Kier molecular flexibility index (Phi) is 8.05. The molecule has 0 aliphatic carbocycles. The van der Waals surface area contributed by atoms with E-state index in [1.165, 1.54) is 9.87 Å². The zero-order chi connectivity index (χ0) is 21.4. The molecule has 30 heavy (non-hydrogen) atoms. The van der Waals surface area contributed by atoms with Crippen LogP contribution in [0.5, 0.6) is 0 Å². The summed E-state index contributed by atoms with van der Waals surface area (Å²) in [5.74, 6) is 0.0329. The van der Waals surface area contributed by atoms with Crippen molar-refractivity contribution in [1.29, 1.82) is 0 Å². The Morgan fingerprint density at radius 2 is 1.77 bits per heavy atom. The summed E-state index contributed by atoms with van der Waals surface area (Å²) in [5.41, 5.74) is 2.33. The first-order chi connectivity index (χ1) is 14.5. The predicted molar refractivity (Wildman–Crippen MR) is 121 cm³/mol. The number of amides is 1. The van der Waals surface area contributed by atoms with Crippen molar-refractivity contribution >= 4 is 15.9 Å². The van der Waals surface area contributed by atoms with Crippen molar-refractivity contribution in [2.24, 2.45) is 5.92 Å². The highest BCUT2D eigenvalue weighted by Crippen LogP contribution is 2.21. The third-order valence-corrected chi connectivity index (χ3v) is 7.73. The van der Waals surface area contributed by atoms with Crippen molar-refractivity contribution in [2.45, 2.75) is 38.5 Å². The molecule has 0 spiro atoms. The smallest absolute Gasteiger partial charge is 0.224 e. The van der Waals surface area contributed by atoms with Gasteiger partial charge in [0.25, 0.3) is 0 Å². The molecule has 0 aromatic heterocycles. The van der Waals surface area contributed by atoms with Crippen LogP contribution in [0.2, 0.25) is 0 Å². The standard InChI is InChI=1S/C24H32N2O3S/c1-20(22-13-6-3-7-14-22)18-25-24(27)23-15-8-16-26(19-23)30(28,29)17-9-12-21-10-4-2-5-11-21/h2-7,10-11,13-14,20,23H,8-9,12,15-19H2,1H3,(H,25,27)/t20-,23-/m1/s1. The van der Waals surface area contributed by atoms with Crippen LogP contribution < -0.4 is 5.32 Å². The van der Waals surface area contributed by atoms with Crippen LogP contribution in [0.3, 0.4) is 0 Å². The molecule has 1 N–H and O–H groups in total. The Labute approximate surface area is 180 Å². The van der Waals surface area contributed by atoms with E-state index in [-0.39, 0.29) is 23.5 Å². The molecule has 6 heteroatoms.